The molecular formula is C12H16BrClN2. The van der Waals surface area contributed by atoms with Crippen LogP contribution in [0.25, 0.3) is 0 Å². The van der Waals surface area contributed by atoms with Crippen LogP contribution in [-0.4, -0.2) is 19.6 Å². The summed E-state index contributed by atoms with van der Waals surface area (Å²) < 4.78 is 1.06. The van der Waals surface area contributed by atoms with E-state index >= 15 is 0 Å². The number of hydrogen-bond donors (Lipinski definition) is 2. The van der Waals surface area contributed by atoms with Crippen LogP contribution in [0.2, 0.25) is 5.02 Å². The molecule has 2 N–H and O–H groups in total. The SMILES string of the molecule is Clc1ccc(Br)cc1NCC1CCNCC1. The molecule has 0 spiro atoms. The van der Waals surface area contributed by atoms with Crippen molar-refractivity contribution in [2.45, 2.75) is 12.8 Å². The van der Waals surface area contributed by atoms with Crippen molar-refractivity contribution in [1.82, 2.24) is 5.32 Å². The lowest BCUT2D eigenvalue weighted by molar-refractivity contribution is 0.390. The Labute approximate surface area is 110 Å². The molecule has 1 aliphatic heterocycles. The Hall–Kier alpha value is -0.250. The van der Waals surface area contributed by atoms with Gasteiger partial charge < -0.3 is 10.6 Å². The molecule has 0 radical (unpaired) electrons. The Kier molecular flexibility index (Phi) is 4.50. The van der Waals surface area contributed by atoms with Gasteiger partial charge in [-0.25, -0.2) is 0 Å². The third kappa shape index (κ3) is 3.37. The van der Waals surface area contributed by atoms with Crippen LogP contribution >= 0.6 is 27.5 Å². The van der Waals surface area contributed by atoms with E-state index in [1.165, 1.54) is 12.8 Å². The van der Waals surface area contributed by atoms with Crippen molar-refractivity contribution in [3.8, 4) is 0 Å². The number of nitrogens with one attached hydrogen (secondary N) is 2. The third-order valence-electron chi connectivity index (χ3n) is 2.97. The van der Waals surface area contributed by atoms with Gasteiger partial charge in [-0.2, -0.15) is 0 Å². The molecule has 2 rings (SSSR count). The van der Waals surface area contributed by atoms with E-state index in [2.05, 4.69) is 26.6 Å². The van der Waals surface area contributed by atoms with Gasteiger partial charge >= 0.3 is 0 Å². The molecule has 0 aliphatic carbocycles. The zero-order valence-electron chi connectivity index (χ0n) is 9.10. The zero-order valence-corrected chi connectivity index (χ0v) is 11.4. The summed E-state index contributed by atoms with van der Waals surface area (Å²) in [6.07, 6.45) is 2.50. The Morgan fingerprint density at radius 2 is 2.12 bits per heavy atom. The molecule has 88 valence electrons. The van der Waals surface area contributed by atoms with Gasteiger partial charge in [-0.3, -0.25) is 0 Å². The normalized spacial score (nSPS) is 17.4. The molecular weight excluding hydrogens is 288 g/mol. The zero-order chi connectivity index (χ0) is 11.4. The van der Waals surface area contributed by atoms with Crippen LogP contribution in [-0.2, 0) is 0 Å². The van der Waals surface area contributed by atoms with Gasteiger partial charge in [-0.15, -0.1) is 0 Å². The Bertz CT molecular complexity index is 351. The van der Waals surface area contributed by atoms with E-state index in [1.54, 1.807) is 0 Å². The molecule has 1 fully saturated rings. The van der Waals surface area contributed by atoms with Gasteiger partial charge in [0, 0.05) is 11.0 Å². The fraction of sp³-hybridized carbons (Fsp3) is 0.500. The highest BCUT2D eigenvalue weighted by molar-refractivity contribution is 9.10. The summed E-state index contributed by atoms with van der Waals surface area (Å²) in [6, 6.07) is 5.90. The third-order valence-corrected chi connectivity index (χ3v) is 3.79. The number of hydrogen-bond acceptors (Lipinski definition) is 2. The maximum absolute atomic E-state index is 6.12. The fourth-order valence-electron chi connectivity index (χ4n) is 1.97. The summed E-state index contributed by atoms with van der Waals surface area (Å²) in [6.45, 7) is 3.29. The lowest BCUT2D eigenvalue weighted by Gasteiger charge is -2.23. The number of rotatable bonds is 3. The fourth-order valence-corrected chi connectivity index (χ4v) is 2.52. The molecule has 2 nitrogen and oxygen atoms in total. The molecule has 1 aromatic rings. The van der Waals surface area contributed by atoms with Crippen molar-refractivity contribution in [2.75, 3.05) is 25.0 Å². The lowest BCUT2D eigenvalue weighted by Crippen LogP contribution is -2.31. The minimum absolute atomic E-state index is 0.760. The quantitative estimate of drug-likeness (QED) is 0.893. The van der Waals surface area contributed by atoms with Gasteiger partial charge in [0.15, 0.2) is 0 Å². The average molecular weight is 304 g/mol. The van der Waals surface area contributed by atoms with Gasteiger partial charge in [-0.1, -0.05) is 27.5 Å². The van der Waals surface area contributed by atoms with E-state index in [-0.39, 0.29) is 0 Å². The smallest absolute Gasteiger partial charge is 0.0638 e. The van der Waals surface area contributed by atoms with Crippen LogP contribution in [0.4, 0.5) is 5.69 Å². The first-order valence-corrected chi connectivity index (χ1v) is 6.82. The summed E-state index contributed by atoms with van der Waals surface area (Å²) in [7, 11) is 0. The van der Waals surface area contributed by atoms with Crippen molar-refractivity contribution in [3.63, 3.8) is 0 Å². The molecule has 0 atom stereocenters. The largest absolute Gasteiger partial charge is 0.384 e. The predicted octanol–water partition coefficient (Wildman–Crippen LogP) is 3.51. The first kappa shape index (κ1) is 12.2. The van der Waals surface area contributed by atoms with Crippen molar-refractivity contribution < 1.29 is 0 Å². The average Bonchev–Trinajstić information content (AvgIpc) is 2.32. The number of anilines is 1. The summed E-state index contributed by atoms with van der Waals surface area (Å²) in [4.78, 5) is 0. The molecule has 16 heavy (non-hydrogen) atoms. The van der Waals surface area contributed by atoms with Crippen molar-refractivity contribution in [2.24, 2.45) is 5.92 Å². The van der Waals surface area contributed by atoms with Crippen molar-refractivity contribution in [1.29, 1.82) is 0 Å². The van der Waals surface area contributed by atoms with Gasteiger partial charge in [0.05, 0.1) is 10.7 Å². The molecule has 1 saturated heterocycles. The van der Waals surface area contributed by atoms with Gasteiger partial charge in [-0.05, 0) is 50.0 Å². The van der Waals surface area contributed by atoms with E-state index in [9.17, 15) is 0 Å². The van der Waals surface area contributed by atoms with Gasteiger partial charge in [0.25, 0.3) is 0 Å². The summed E-state index contributed by atoms with van der Waals surface area (Å²) in [5.74, 6) is 0.760. The van der Waals surface area contributed by atoms with E-state index in [0.29, 0.717) is 0 Å². The second-order valence-electron chi connectivity index (χ2n) is 4.20. The second-order valence-corrected chi connectivity index (χ2v) is 5.52. The van der Waals surface area contributed by atoms with Crippen LogP contribution in [0.15, 0.2) is 22.7 Å². The predicted molar refractivity (Wildman–Crippen MR) is 73.2 cm³/mol. The minimum atomic E-state index is 0.760. The number of piperidine rings is 1. The van der Waals surface area contributed by atoms with E-state index < -0.39 is 0 Å². The second kappa shape index (κ2) is 5.89. The first-order chi connectivity index (χ1) is 7.75. The number of benzene rings is 1. The summed E-state index contributed by atoms with van der Waals surface area (Å²) in [5, 5.41) is 7.59. The highest BCUT2D eigenvalue weighted by Crippen LogP contribution is 2.26. The van der Waals surface area contributed by atoms with Crippen LogP contribution in [0, 0.1) is 5.92 Å². The molecule has 4 heteroatoms. The molecule has 0 bridgehead atoms. The summed E-state index contributed by atoms with van der Waals surface area (Å²) in [5.41, 5.74) is 1.02. The Morgan fingerprint density at radius 1 is 1.38 bits per heavy atom. The molecule has 0 amide bonds. The van der Waals surface area contributed by atoms with Gasteiger partial charge in [0.1, 0.15) is 0 Å². The Balaban J connectivity index is 1.90. The van der Waals surface area contributed by atoms with E-state index in [0.717, 1.165) is 40.7 Å². The minimum Gasteiger partial charge on any atom is -0.384 e. The van der Waals surface area contributed by atoms with Gasteiger partial charge in [0.2, 0.25) is 0 Å². The van der Waals surface area contributed by atoms with Crippen LogP contribution in [0.5, 0.6) is 0 Å². The molecule has 0 unspecified atom stereocenters. The van der Waals surface area contributed by atoms with E-state index in [4.69, 9.17) is 11.6 Å². The topological polar surface area (TPSA) is 24.1 Å². The monoisotopic (exact) mass is 302 g/mol. The summed E-state index contributed by atoms with van der Waals surface area (Å²) >= 11 is 9.57. The molecule has 1 aromatic carbocycles. The molecule has 1 heterocycles. The van der Waals surface area contributed by atoms with Crippen LogP contribution < -0.4 is 10.6 Å². The lowest BCUT2D eigenvalue weighted by atomic mass is 9.98. The highest BCUT2D eigenvalue weighted by Gasteiger charge is 2.12. The van der Waals surface area contributed by atoms with Crippen LogP contribution in [0.1, 0.15) is 12.8 Å². The standard InChI is InChI=1S/C12H16BrClN2/c13-10-1-2-11(14)12(7-10)16-8-9-3-5-15-6-4-9/h1-2,7,9,15-16H,3-6,8H2. The molecule has 0 aromatic heterocycles. The Morgan fingerprint density at radius 3 is 2.88 bits per heavy atom. The number of halogens is 2. The molecule has 1 aliphatic rings. The first-order valence-electron chi connectivity index (χ1n) is 5.65. The van der Waals surface area contributed by atoms with E-state index in [1.807, 2.05) is 18.2 Å². The maximum atomic E-state index is 6.12. The highest BCUT2D eigenvalue weighted by atomic mass is 79.9. The van der Waals surface area contributed by atoms with Crippen molar-refractivity contribution >= 4 is 33.2 Å². The molecule has 0 saturated carbocycles. The maximum Gasteiger partial charge on any atom is 0.0638 e. The van der Waals surface area contributed by atoms with Crippen molar-refractivity contribution in [3.05, 3.63) is 27.7 Å². The van der Waals surface area contributed by atoms with Crippen LogP contribution in [0.3, 0.4) is 0 Å².